The predicted molar refractivity (Wildman–Crippen MR) is 54.0 cm³/mol. The Kier molecular flexibility index (Phi) is 2.63. The Balaban J connectivity index is 2.58. The van der Waals surface area contributed by atoms with Gasteiger partial charge in [-0.25, -0.2) is 14.6 Å². The molecule has 82 valence electrons. The Morgan fingerprint density at radius 3 is 3.12 bits per heavy atom. The molecule has 16 heavy (non-hydrogen) atoms. The Hall–Kier alpha value is -2.24. The monoisotopic (exact) mass is 220 g/mol. The van der Waals surface area contributed by atoms with Gasteiger partial charge in [-0.3, -0.25) is 4.98 Å². The van der Waals surface area contributed by atoms with Crippen molar-refractivity contribution in [3.63, 3.8) is 0 Å². The molecule has 2 heterocycles. The average molecular weight is 220 g/mol. The third kappa shape index (κ3) is 1.77. The molecular weight excluding hydrogens is 212 g/mol. The van der Waals surface area contributed by atoms with E-state index >= 15 is 0 Å². The number of rotatable bonds is 2. The van der Waals surface area contributed by atoms with Crippen LogP contribution in [0.2, 0.25) is 0 Å². The summed E-state index contributed by atoms with van der Waals surface area (Å²) in [7, 11) is 0. The Morgan fingerprint density at radius 1 is 1.56 bits per heavy atom. The molecule has 0 amide bonds. The van der Waals surface area contributed by atoms with Gasteiger partial charge in [0.2, 0.25) is 0 Å². The summed E-state index contributed by atoms with van der Waals surface area (Å²) in [4.78, 5) is 30.4. The first-order valence-electron chi connectivity index (χ1n) is 4.64. The highest BCUT2D eigenvalue weighted by atomic mass is 16.5. The largest absolute Gasteiger partial charge is 0.459 e. The van der Waals surface area contributed by atoms with Gasteiger partial charge in [-0.15, -0.1) is 0 Å². The molecule has 0 aliphatic rings. The number of hydrogen-bond donors (Lipinski definition) is 0. The standard InChI is InChI=1S/C10H8N2O4/c1-2-15-10(14)8-12-7-5-11-4-3-6(7)9(13)16-8/h3-5H,2H2,1H3. The molecule has 0 saturated carbocycles. The van der Waals surface area contributed by atoms with Crippen molar-refractivity contribution < 1.29 is 13.9 Å². The van der Waals surface area contributed by atoms with Gasteiger partial charge in [-0.2, -0.15) is 0 Å². The average Bonchev–Trinajstić information content (AvgIpc) is 2.29. The molecule has 2 aromatic heterocycles. The van der Waals surface area contributed by atoms with Crippen LogP contribution in [-0.4, -0.2) is 22.5 Å². The summed E-state index contributed by atoms with van der Waals surface area (Å²) >= 11 is 0. The van der Waals surface area contributed by atoms with Crippen LogP contribution in [0.4, 0.5) is 0 Å². The molecule has 0 saturated heterocycles. The van der Waals surface area contributed by atoms with Crippen molar-refractivity contribution in [2.24, 2.45) is 0 Å². The van der Waals surface area contributed by atoms with Gasteiger partial charge in [0.1, 0.15) is 5.52 Å². The fourth-order valence-corrected chi connectivity index (χ4v) is 1.20. The van der Waals surface area contributed by atoms with Gasteiger partial charge in [0, 0.05) is 6.20 Å². The summed E-state index contributed by atoms with van der Waals surface area (Å²) in [6.45, 7) is 1.84. The van der Waals surface area contributed by atoms with Crippen LogP contribution in [0.3, 0.4) is 0 Å². The summed E-state index contributed by atoms with van der Waals surface area (Å²) in [5.41, 5.74) is -0.322. The highest BCUT2D eigenvalue weighted by molar-refractivity contribution is 5.86. The van der Waals surface area contributed by atoms with Gasteiger partial charge in [-0.05, 0) is 13.0 Å². The van der Waals surface area contributed by atoms with Crippen LogP contribution in [0.5, 0.6) is 0 Å². The number of ether oxygens (including phenoxy) is 1. The second-order valence-electron chi connectivity index (χ2n) is 2.92. The SMILES string of the molecule is CCOC(=O)c1nc2cnccc2c(=O)o1. The van der Waals surface area contributed by atoms with Crippen LogP contribution < -0.4 is 5.63 Å². The van der Waals surface area contributed by atoms with Gasteiger partial charge in [0.05, 0.1) is 18.2 Å². The van der Waals surface area contributed by atoms with Crippen molar-refractivity contribution in [1.82, 2.24) is 9.97 Å². The molecule has 0 fully saturated rings. The number of esters is 1. The van der Waals surface area contributed by atoms with Crippen LogP contribution in [0, 0.1) is 0 Å². The summed E-state index contributed by atoms with van der Waals surface area (Å²) in [5, 5.41) is 0.281. The fraction of sp³-hybridized carbons (Fsp3) is 0.200. The highest BCUT2D eigenvalue weighted by Gasteiger charge is 2.14. The van der Waals surface area contributed by atoms with E-state index in [1.54, 1.807) is 6.92 Å². The second-order valence-corrected chi connectivity index (χ2v) is 2.92. The smallest absolute Gasteiger partial charge is 0.394 e. The van der Waals surface area contributed by atoms with Crippen molar-refractivity contribution in [3.05, 3.63) is 34.8 Å². The molecule has 2 rings (SSSR count). The molecule has 6 nitrogen and oxygen atoms in total. The zero-order chi connectivity index (χ0) is 11.5. The highest BCUT2D eigenvalue weighted by Crippen LogP contribution is 2.06. The zero-order valence-corrected chi connectivity index (χ0v) is 8.47. The van der Waals surface area contributed by atoms with E-state index in [2.05, 4.69) is 14.7 Å². The maximum Gasteiger partial charge on any atom is 0.394 e. The van der Waals surface area contributed by atoms with Crippen molar-refractivity contribution in [2.45, 2.75) is 6.92 Å². The van der Waals surface area contributed by atoms with Gasteiger partial charge >= 0.3 is 17.5 Å². The van der Waals surface area contributed by atoms with Gasteiger partial charge in [0.25, 0.3) is 0 Å². The summed E-state index contributed by atoms with van der Waals surface area (Å²) in [5.74, 6) is -1.11. The van der Waals surface area contributed by atoms with Crippen LogP contribution in [0.25, 0.3) is 10.9 Å². The van der Waals surface area contributed by atoms with Crippen molar-refractivity contribution in [2.75, 3.05) is 6.61 Å². The van der Waals surface area contributed by atoms with Crippen molar-refractivity contribution >= 4 is 16.9 Å². The minimum absolute atomic E-state index is 0.190. The van der Waals surface area contributed by atoms with Gasteiger partial charge in [0.15, 0.2) is 0 Å². The minimum atomic E-state index is -0.759. The second kappa shape index (κ2) is 4.09. The Labute approximate surface area is 89.9 Å². The van der Waals surface area contributed by atoms with Crippen LogP contribution in [0.1, 0.15) is 17.6 Å². The van der Waals surface area contributed by atoms with E-state index in [4.69, 9.17) is 4.42 Å². The topological polar surface area (TPSA) is 82.3 Å². The summed E-state index contributed by atoms with van der Waals surface area (Å²) < 4.78 is 9.41. The van der Waals surface area contributed by atoms with E-state index in [-0.39, 0.29) is 17.9 Å². The third-order valence-electron chi connectivity index (χ3n) is 1.88. The molecule has 0 aliphatic carbocycles. The number of aromatic nitrogens is 2. The van der Waals surface area contributed by atoms with E-state index < -0.39 is 11.6 Å². The lowest BCUT2D eigenvalue weighted by Crippen LogP contribution is -2.12. The minimum Gasteiger partial charge on any atom is -0.459 e. The molecule has 0 bridgehead atoms. The quantitative estimate of drug-likeness (QED) is 0.695. The molecule has 0 radical (unpaired) electrons. The number of hydrogen-bond acceptors (Lipinski definition) is 6. The van der Waals surface area contributed by atoms with Gasteiger partial charge < -0.3 is 9.15 Å². The number of fused-ring (bicyclic) bond motifs is 1. The van der Waals surface area contributed by atoms with E-state index in [0.717, 1.165) is 0 Å². The molecule has 0 aromatic carbocycles. The van der Waals surface area contributed by atoms with E-state index in [9.17, 15) is 9.59 Å². The van der Waals surface area contributed by atoms with Gasteiger partial charge in [-0.1, -0.05) is 0 Å². The van der Waals surface area contributed by atoms with Crippen molar-refractivity contribution in [1.29, 1.82) is 0 Å². The predicted octanol–water partition coefficient (Wildman–Crippen LogP) is 0.760. The molecule has 2 aromatic rings. The molecule has 0 unspecified atom stereocenters. The molecule has 0 aliphatic heterocycles. The number of pyridine rings is 1. The molecule has 0 spiro atoms. The Morgan fingerprint density at radius 2 is 2.38 bits per heavy atom. The number of carbonyl (C=O) groups is 1. The van der Waals surface area contributed by atoms with E-state index in [1.807, 2.05) is 0 Å². The normalized spacial score (nSPS) is 10.3. The van der Waals surface area contributed by atoms with Crippen LogP contribution in [0.15, 0.2) is 27.7 Å². The van der Waals surface area contributed by atoms with E-state index in [1.165, 1.54) is 18.5 Å². The summed E-state index contributed by atoms with van der Waals surface area (Å²) in [6, 6.07) is 1.48. The molecule has 0 N–H and O–H groups in total. The van der Waals surface area contributed by atoms with E-state index in [0.29, 0.717) is 5.52 Å². The third-order valence-corrected chi connectivity index (χ3v) is 1.88. The zero-order valence-electron chi connectivity index (χ0n) is 8.47. The lowest BCUT2D eigenvalue weighted by Gasteiger charge is -2.00. The number of nitrogens with zero attached hydrogens (tertiary/aromatic N) is 2. The van der Waals surface area contributed by atoms with Crippen LogP contribution >= 0.6 is 0 Å². The number of carbonyl (C=O) groups excluding carboxylic acids is 1. The van der Waals surface area contributed by atoms with Crippen LogP contribution in [-0.2, 0) is 4.74 Å². The lowest BCUT2D eigenvalue weighted by atomic mass is 10.3. The molecular formula is C10H8N2O4. The Bertz CT molecular complexity index is 591. The lowest BCUT2D eigenvalue weighted by molar-refractivity contribution is 0.0474. The van der Waals surface area contributed by atoms with Crippen molar-refractivity contribution in [3.8, 4) is 0 Å². The maximum atomic E-state index is 11.5. The first-order valence-corrected chi connectivity index (χ1v) is 4.64. The summed E-state index contributed by atoms with van der Waals surface area (Å²) in [6.07, 6.45) is 2.83. The fourth-order valence-electron chi connectivity index (χ4n) is 1.20. The first-order chi connectivity index (χ1) is 7.72. The maximum absolute atomic E-state index is 11.5. The molecule has 0 atom stereocenters. The molecule has 6 heteroatoms. The first kappa shape index (κ1) is 10.3.